The van der Waals surface area contributed by atoms with E-state index >= 15 is 0 Å². The molecule has 0 N–H and O–H groups in total. The topological polar surface area (TPSA) is 0 Å². The SMILES string of the molecule is [2H]c1c([2H])c([2H])c(-c2c([2H])c([2H])c3c(c2[2H])-c2c([2H])c([2H])c([2H])c([2H])c2C32c3c([2H])c([2H])c([2H])c([2H])c3-c3c(-c4cccc(-c5ccc6c7ccccc7c7ccccc7c6c5)c4)c([2H])c([2H])c([2H])c32)c([2H])c1[2H]. The van der Waals surface area contributed by atoms with Crippen LogP contribution < -0.4 is 0 Å². The van der Waals surface area contributed by atoms with Gasteiger partial charge in [-0.05, 0) is 128 Å². The molecule has 0 amide bonds. The Bertz CT molecular complexity index is 4250. The molecule has 12 rings (SSSR count). The summed E-state index contributed by atoms with van der Waals surface area (Å²) in [5.74, 6) is 0. The zero-order valence-corrected chi connectivity index (χ0v) is 28.7. The van der Waals surface area contributed by atoms with Gasteiger partial charge in [-0.1, -0.05) is 188 Å². The van der Waals surface area contributed by atoms with Gasteiger partial charge in [0.15, 0.2) is 0 Å². The summed E-state index contributed by atoms with van der Waals surface area (Å²) in [7, 11) is 0. The first-order valence-electron chi connectivity index (χ1n) is 27.2. The largest absolute Gasteiger partial charge is 0.0725 e. The average Bonchev–Trinajstić information content (AvgIpc) is 4.01. The lowest BCUT2D eigenvalue weighted by Crippen LogP contribution is -2.25. The van der Waals surface area contributed by atoms with E-state index in [4.69, 9.17) is 12.3 Å². The van der Waals surface area contributed by atoms with Crippen LogP contribution in [-0.4, -0.2) is 0 Å². The highest BCUT2D eigenvalue weighted by atomic mass is 14.5. The fourth-order valence-corrected chi connectivity index (χ4v) is 8.78. The first-order chi connectivity index (χ1) is 35.2. The van der Waals surface area contributed by atoms with E-state index in [2.05, 4.69) is 30.3 Å². The minimum atomic E-state index is -2.59. The van der Waals surface area contributed by atoms with Crippen LogP contribution in [0.3, 0.4) is 0 Å². The molecule has 1 spiro atoms. The van der Waals surface area contributed by atoms with E-state index in [9.17, 15) is 13.7 Å². The summed E-state index contributed by atoms with van der Waals surface area (Å²) in [6, 6.07) is 14.6. The van der Waals surface area contributed by atoms with Crippen molar-refractivity contribution in [3.05, 3.63) is 228 Å². The Kier molecular flexibility index (Phi) is 3.64. The third-order valence-corrected chi connectivity index (χ3v) is 11.0. The molecular formula is C55H34. The van der Waals surface area contributed by atoms with Gasteiger partial charge in [0, 0.05) is 0 Å². The quantitative estimate of drug-likeness (QED) is 0.160. The molecule has 0 saturated heterocycles. The second-order valence-corrected chi connectivity index (χ2v) is 13.7. The van der Waals surface area contributed by atoms with Gasteiger partial charge >= 0.3 is 0 Å². The van der Waals surface area contributed by atoms with Gasteiger partial charge in [-0.15, -0.1) is 0 Å². The lowest BCUT2D eigenvalue weighted by atomic mass is 9.70. The van der Waals surface area contributed by atoms with Gasteiger partial charge in [0.2, 0.25) is 0 Å². The van der Waals surface area contributed by atoms with Gasteiger partial charge in [0.25, 0.3) is 0 Å². The Balaban J connectivity index is 1.23. The van der Waals surface area contributed by atoms with Crippen molar-refractivity contribution in [2.45, 2.75) is 5.41 Å². The highest BCUT2D eigenvalue weighted by Gasteiger charge is 2.52. The molecule has 10 aromatic rings. The Morgan fingerprint density at radius 1 is 0.309 bits per heavy atom. The molecule has 2 aliphatic carbocycles. The van der Waals surface area contributed by atoms with Crippen LogP contribution in [0.15, 0.2) is 206 Å². The van der Waals surface area contributed by atoms with Gasteiger partial charge in [-0.3, -0.25) is 0 Å². The molecule has 10 aromatic carbocycles. The molecule has 0 bridgehead atoms. The van der Waals surface area contributed by atoms with Crippen molar-refractivity contribution in [2.75, 3.05) is 0 Å². The number of benzene rings is 10. The zero-order valence-electron chi connectivity index (χ0n) is 47.7. The number of hydrogen-bond acceptors (Lipinski definition) is 0. The molecule has 0 aliphatic heterocycles. The van der Waals surface area contributed by atoms with Crippen LogP contribution >= 0.6 is 0 Å². The molecule has 254 valence electrons. The van der Waals surface area contributed by atoms with E-state index < -0.39 is 159 Å². The Morgan fingerprint density at radius 3 is 1.64 bits per heavy atom. The van der Waals surface area contributed by atoms with Crippen LogP contribution in [0, 0.1) is 0 Å². The monoisotopic (exact) mass is 713 g/mol. The van der Waals surface area contributed by atoms with E-state index in [-0.39, 0.29) is 27.8 Å². The maximum Gasteiger partial charge on any atom is 0.0725 e. The summed E-state index contributed by atoms with van der Waals surface area (Å²) < 4.78 is 176. The number of hydrogen-bond donors (Lipinski definition) is 0. The fraction of sp³-hybridized carbons (Fsp3) is 0.0182. The highest BCUT2D eigenvalue weighted by Crippen LogP contribution is 2.64. The highest BCUT2D eigenvalue weighted by molar-refractivity contribution is 6.25. The summed E-state index contributed by atoms with van der Waals surface area (Å²) in [5.41, 5.74) is -5.32. The molecule has 0 nitrogen and oxygen atoms in total. The van der Waals surface area contributed by atoms with Crippen molar-refractivity contribution in [1.82, 2.24) is 0 Å². The molecule has 1 unspecified atom stereocenters. The average molecular weight is 714 g/mol. The van der Waals surface area contributed by atoms with E-state index in [1.807, 2.05) is 42.5 Å². The molecule has 1 atom stereocenters. The van der Waals surface area contributed by atoms with Crippen LogP contribution in [0.1, 0.15) is 48.3 Å². The molecule has 0 aromatic heterocycles. The zero-order chi connectivity index (χ0) is 52.6. The standard InChI is InChI=1S/C55H34/c1-2-14-35(15-3-1)37-29-31-52-49(34-37)46-22-8-10-25-50(46)55(52)51-26-11-9-23-47(51)54-40(24-13-27-53(54)55)39-17-12-16-36(32-39)38-28-30-45-43-20-5-4-18-41(43)42-19-6-7-21-44(42)48(45)33-38/h1-34H/i1D,2D,3D,8D,9D,10D,11D,13D,14D,15D,22D,23D,24D,25D,26D,27D,29D,31D,34D. The predicted octanol–water partition coefficient (Wildman–Crippen LogP) is 14.5. The maximum atomic E-state index is 9.95. The minimum absolute atomic E-state index is 0.0708. The third kappa shape index (κ3) is 4.17. The molecule has 0 heteroatoms. The Hall–Kier alpha value is -7.02. The lowest BCUT2D eigenvalue weighted by molar-refractivity contribution is 0.794. The second kappa shape index (κ2) is 11.5. The Labute approximate surface area is 347 Å². The molecule has 0 saturated carbocycles. The number of rotatable bonds is 3. The van der Waals surface area contributed by atoms with Crippen molar-refractivity contribution in [2.24, 2.45) is 0 Å². The van der Waals surface area contributed by atoms with Crippen LogP contribution in [0.5, 0.6) is 0 Å². The van der Waals surface area contributed by atoms with E-state index in [0.717, 1.165) is 37.9 Å². The molecule has 0 fully saturated rings. The summed E-state index contributed by atoms with van der Waals surface area (Å²) in [5, 5.41) is 6.21. The maximum absolute atomic E-state index is 9.95. The summed E-state index contributed by atoms with van der Waals surface area (Å²) in [6.45, 7) is 0. The van der Waals surface area contributed by atoms with E-state index in [1.54, 1.807) is 18.2 Å². The molecule has 0 radical (unpaired) electrons. The van der Waals surface area contributed by atoms with Crippen molar-refractivity contribution in [3.8, 4) is 55.6 Å². The summed E-state index contributed by atoms with van der Waals surface area (Å²) >= 11 is 0. The lowest BCUT2D eigenvalue weighted by Gasteiger charge is -2.30. The third-order valence-electron chi connectivity index (χ3n) is 11.0. The molecule has 55 heavy (non-hydrogen) atoms. The van der Waals surface area contributed by atoms with E-state index in [1.165, 1.54) is 0 Å². The van der Waals surface area contributed by atoms with Gasteiger partial charge < -0.3 is 0 Å². The molecule has 0 heterocycles. The second-order valence-electron chi connectivity index (χ2n) is 13.7. The first-order valence-corrected chi connectivity index (χ1v) is 17.7. The smallest absolute Gasteiger partial charge is 0.0622 e. The van der Waals surface area contributed by atoms with Crippen molar-refractivity contribution < 1.29 is 26.0 Å². The summed E-state index contributed by atoms with van der Waals surface area (Å²) in [4.78, 5) is 0. The van der Waals surface area contributed by atoms with Crippen LogP contribution in [0.25, 0.3) is 88.0 Å². The molecular weight excluding hydrogens is 661 g/mol. The fourth-order valence-electron chi connectivity index (χ4n) is 8.78. The van der Waals surface area contributed by atoms with Gasteiger partial charge in [-0.2, -0.15) is 0 Å². The van der Waals surface area contributed by atoms with Gasteiger partial charge in [0.05, 0.1) is 31.5 Å². The van der Waals surface area contributed by atoms with Crippen molar-refractivity contribution in [3.63, 3.8) is 0 Å². The van der Waals surface area contributed by atoms with Crippen LogP contribution in [0.4, 0.5) is 0 Å². The Morgan fingerprint density at radius 2 is 0.873 bits per heavy atom. The molecule has 2 aliphatic rings. The first kappa shape index (κ1) is 17.4. The van der Waals surface area contributed by atoms with Crippen molar-refractivity contribution in [1.29, 1.82) is 0 Å². The van der Waals surface area contributed by atoms with Gasteiger partial charge in [-0.25, -0.2) is 0 Å². The number of fused-ring (bicyclic) bond motifs is 16. The van der Waals surface area contributed by atoms with E-state index in [0.29, 0.717) is 5.56 Å². The normalized spacial score (nSPS) is 19.8. The van der Waals surface area contributed by atoms with Gasteiger partial charge in [0.1, 0.15) is 0 Å². The minimum Gasteiger partial charge on any atom is -0.0622 e. The van der Waals surface area contributed by atoms with Crippen molar-refractivity contribution >= 4 is 32.3 Å². The van der Waals surface area contributed by atoms with Crippen LogP contribution in [-0.2, 0) is 5.41 Å². The van der Waals surface area contributed by atoms with Crippen LogP contribution in [0.2, 0.25) is 0 Å². The predicted molar refractivity (Wildman–Crippen MR) is 232 cm³/mol. The summed E-state index contributed by atoms with van der Waals surface area (Å²) in [6.07, 6.45) is 0.